The van der Waals surface area contributed by atoms with E-state index in [4.69, 9.17) is 9.72 Å². The predicted octanol–water partition coefficient (Wildman–Crippen LogP) is 5.10. The molecule has 1 unspecified atom stereocenters. The molecular weight excluding hydrogens is 374 g/mol. The number of aromatic nitrogens is 2. The highest BCUT2D eigenvalue weighted by atomic mass is 16.5. The van der Waals surface area contributed by atoms with Gasteiger partial charge in [0, 0.05) is 11.6 Å². The van der Waals surface area contributed by atoms with Crippen LogP contribution in [0.5, 0.6) is 5.75 Å². The molecule has 0 aliphatic rings. The molecule has 4 aromatic rings. The summed E-state index contributed by atoms with van der Waals surface area (Å²) in [7, 11) is 1.63. The van der Waals surface area contributed by atoms with E-state index in [0.717, 1.165) is 33.5 Å². The number of rotatable bonds is 5. The first-order valence-corrected chi connectivity index (χ1v) is 9.83. The normalized spacial score (nSPS) is 11.8. The highest BCUT2D eigenvalue weighted by molar-refractivity contribution is 6.07. The van der Waals surface area contributed by atoms with Gasteiger partial charge < -0.3 is 10.1 Å². The van der Waals surface area contributed by atoms with Crippen molar-refractivity contribution in [3.05, 3.63) is 89.6 Å². The summed E-state index contributed by atoms with van der Waals surface area (Å²) in [5.74, 6) is 0.640. The van der Waals surface area contributed by atoms with E-state index in [0.29, 0.717) is 11.3 Å². The van der Waals surface area contributed by atoms with Gasteiger partial charge in [0.1, 0.15) is 5.75 Å². The lowest BCUT2D eigenvalue weighted by atomic mass is 10.0. The average molecular weight is 397 g/mol. The largest absolute Gasteiger partial charge is 0.497 e. The monoisotopic (exact) mass is 397 g/mol. The molecule has 150 valence electrons. The van der Waals surface area contributed by atoms with Crippen LogP contribution in [0.1, 0.15) is 34.5 Å². The van der Waals surface area contributed by atoms with Crippen LogP contribution in [0.2, 0.25) is 0 Å². The van der Waals surface area contributed by atoms with Gasteiger partial charge in [0.15, 0.2) is 0 Å². The number of carbonyl (C=O) groups is 1. The molecular formula is C25H23N3O2. The molecule has 0 saturated carbocycles. The van der Waals surface area contributed by atoms with E-state index in [2.05, 4.69) is 10.3 Å². The lowest BCUT2D eigenvalue weighted by Gasteiger charge is -2.17. The standard InChI is InChI=1S/C25H23N3O2/c1-16-7-6-8-20-21(15-23(28-24(16)20)22-9-4-5-14-26-22)25(29)27-17(2)18-10-12-19(30-3)13-11-18/h4-15,17H,1-3H3,(H,27,29). The van der Waals surface area contributed by atoms with E-state index < -0.39 is 0 Å². The van der Waals surface area contributed by atoms with Crippen molar-refractivity contribution in [2.75, 3.05) is 7.11 Å². The predicted molar refractivity (Wildman–Crippen MR) is 119 cm³/mol. The maximum Gasteiger partial charge on any atom is 0.252 e. The van der Waals surface area contributed by atoms with Crippen LogP contribution in [0.4, 0.5) is 0 Å². The van der Waals surface area contributed by atoms with Crippen LogP contribution in [0.3, 0.4) is 0 Å². The molecule has 2 aromatic carbocycles. The summed E-state index contributed by atoms with van der Waals surface area (Å²) in [6.07, 6.45) is 1.73. The van der Waals surface area contributed by atoms with Gasteiger partial charge in [0.05, 0.1) is 35.6 Å². The minimum Gasteiger partial charge on any atom is -0.497 e. The van der Waals surface area contributed by atoms with E-state index in [9.17, 15) is 4.79 Å². The summed E-state index contributed by atoms with van der Waals surface area (Å²) < 4.78 is 5.21. The number of amides is 1. The minimum absolute atomic E-state index is 0.145. The van der Waals surface area contributed by atoms with E-state index in [1.54, 1.807) is 13.3 Å². The number of nitrogens with one attached hydrogen (secondary N) is 1. The Bertz CT molecular complexity index is 1190. The Balaban J connectivity index is 1.73. The summed E-state index contributed by atoms with van der Waals surface area (Å²) in [6, 6.07) is 20.9. The molecule has 1 N–H and O–H groups in total. The molecule has 2 heterocycles. The van der Waals surface area contributed by atoms with Crippen LogP contribution in [0, 0.1) is 6.92 Å². The Labute approximate surface area is 175 Å². The molecule has 5 nitrogen and oxygen atoms in total. The van der Waals surface area contributed by atoms with Crippen molar-refractivity contribution in [1.82, 2.24) is 15.3 Å². The summed E-state index contributed by atoms with van der Waals surface area (Å²) >= 11 is 0. The van der Waals surface area contributed by atoms with Gasteiger partial charge in [-0.2, -0.15) is 0 Å². The molecule has 30 heavy (non-hydrogen) atoms. The molecule has 1 atom stereocenters. The fourth-order valence-electron chi connectivity index (χ4n) is 3.48. The third-order valence-electron chi connectivity index (χ3n) is 5.18. The Morgan fingerprint density at radius 2 is 1.80 bits per heavy atom. The number of fused-ring (bicyclic) bond motifs is 1. The van der Waals surface area contributed by atoms with Crippen molar-refractivity contribution in [3.8, 4) is 17.1 Å². The summed E-state index contributed by atoms with van der Waals surface area (Å²) in [5, 5.41) is 3.94. The van der Waals surface area contributed by atoms with Crippen LogP contribution < -0.4 is 10.1 Å². The van der Waals surface area contributed by atoms with Crippen molar-refractivity contribution in [1.29, 1.82) is 0 Å². The summed E-state index contributed by atoms with van der Waals surface area (Å²) in [6.45, 7) is 3.97. The summed E-state index contributed by atoms with van der Waals surface area (Å²) in [5.41, 5.74) is 4.83. The quantitative estimate of drug-likeness (QED) is 0.509. The van der Waals surface area contributed by atoms with Crippen LogP contribution in [-0.2, 0) is 0 Å². The average Bonchev–Trinajstić information content (AvgIpc) is 2.79. The second-order valence-corrected chi connectivity index (χ2v) is 7.21. The molecule has 0 aliphatic heterocycles. The Morgan fingerprint density at radius 1 is 1.00 bits per heavy atom. The lowest BCUT2D eigenvalue weighted by molar-refractivity contribution is 0.0941. The summed E-state index contributed by atoms with van der Waals surface area (Å²) in [4.78, 5) is 22.5. The van der Waals surface area contributed by atoms with Crippen molar-refractivity contribution in [2.24, 2.45) is 0 Å². The van der Waals surface area contributed by atoms with Gasteiger partial charge in [-0.25, -0.2) is 4.98 Å². The van der Waals surface area contributed by atoms with E-state index in [-0.39, 0.29) is 11.9 Å². The van der Waals surface area contributed by atoms with Gasteiger partial charge in [-0.05, 0) is 55.3 Å². The van der Waals surface area contributed by atoms with Gasteiger partial charge in [0.25, 0.3) is 5.91 Å². The fraction of sp³-hybridized carbons (Fsp3) is 0.160. The van der Waals surface area contributed by atoms with Crippen LogP contribution in [0.15, 0.2) is 72.9 Å². The number of aryl methyl sites for hydroxylation is 1. The van der Waals surface area contributed by atoms with E-state index in [1.165, 1.54) is 0 Å². The van der Waals surface area contributed by atoms with E-state index in [1.807, 2.05) is 80.6 Å². The van der Waals surface area contributed by atoms with Crippen molar-refractivity contribution < 1.29 is 9.53 Å². The topological polar surface area (TPSA) is 64.1 Å². The van der Waals surface area contributed by atoms with Crippen LogP contribution in [0.25, 0.3) is 22.3 Å². The molecule has 2 aromatic heterocycles. The molecule has 0 radical (unpaired) electrons. The van der Waals surface area contributed by atoms with Gasteiger partial charge in [-0.1, -0.05) is 36.4 Å². The number of pyridine rings is 2. The molecule has 0 fully saturated rings. The molecule has 0 bridgehead atoms. The highest BCUT2D eigenvalue weighted by Gasteiger charge is 2.18. The van der Waals surface area contributed by atoms with Crippen molar-refractivity contribution >= 4 is 16.8 Å². The minimum atomic E-state index is -0.158. The molecule has 0 aliphatic carbocycles. The van der Waals surface area contributed by atoms with Gasteiger partial charge in [-0.15, -0.1) is 0 Å². The maximum atomic E-state index is 13.3. The van der Waals surface area contributed by atoms with Crippen LogP contribution >= 0.6 is 0 Å². The Hall–Kier alpha value is -3.73. The molecule has 0 spiro atoms. The zero-order chi connectivity index (χ0) is 21.1. The zero-order valence-corrected chi connectivity index (χ0v) is 17.2. The first-order chi connectivity index (χ1) is 14.6. The van der Waals surface area contributed by atoms with Gasteiger partial charge in [0.2, 0.25) is 0 Å². The molecule has 0 saturated heterocycles. The highest BCUT2D eigenvalue weighted by Crippen LogP contribution is 2.26. The first-order valence-electron chi connectivity index (χ1n) is 9.83. The van der Waals surface area contributed by atoms with Crippen molar-refractivity contribution in [3.63, 3.8) is 0 Å². The fourth-order valence-corrected chi connectivity index (χ4v) is 3.48. The number of hydrogen-bond donors (Lipinski definition) is 1. The first kappa shape index (κ1) is 19.6. The Morgan fingerprint density at radius 3 is 2.50 bits per heavy atom. The third kappa shape index (κ3) is 3.87. The number of methoxy groups -OCH3 is 1. The lowest BCUT2D eigenvalue weighted by Crippen LogP contribution is -2.27. The number of benzene rings is 2. The number of para-hydroxylation sites is 1. The molecule has 4 rings (SSSR count). The smallest absolute Gasteiger partial charge is 0.252 e. The molecule has 1 amide bonds. The van der Waals surface area contributed by atoms with Crippen molar-refractivity contribution in [2.45, 2.75) is 19.9 Å². The number of hydrogen-bond acceptors (Lipinski definition) is 4. The second-order valence-electron chi connectivity index (χ2n) is 7.21. The van der Waals surface area contributed by atoms with Gasteiger partial charge >= 0.3 is 0 Å². The third-order valence-corrected chi connectivity index (χ3v) is 5.18. The molecule has 5 heteroatoms. The number of ether oxygens (including phenoxy) is 1. The SMILES string of the molecule is COc1ccc(C(C)NC(=O)c2cc(-c3ccccn3)nc3c(C)cccc23)cc1. The van der Waals surface area contributed by atoms with Crippen LogP contribution in [-0.4, -0.2) is 23.0 Å². The number of nitrogens with zero attached hydrogens (tertiary/aromatic N) is 2. The van der Waals surface area contributed by atoms with E-state index >= 15 is 0 Å². The maximum absolute atomic E-state index is 13.3. The second kappa shape index (κ2) is 8.33. The number of carbonyl (C=O) groups excluding carboxylic acids is 1. The van der Waals surface area contributed by atoms with Gasteiger partial charge in [-0.3, -0.25) is 9.78 Å². The zero-order valence-electron chi connectivity index (χ0n) is 17.2. The Kier molecular flexibility index (Phi) is 5.44.